The number of hydrogen-bond acceptors (Lipinski definition) is 4. The highest BCUT2D eigenvalue weighted by Crippen LogP contribution is 2.33. The molecule has 0 radical (unpaired) electrons. The van der Waals surface area contributed by atoms with Crippen LogP contribution in [-0.2, 0) is 9.59 Å². The van der Waals surface area contributed by atoms with E-state index in [-0.39, 0.29) is 22.8 Å². The number of amides is 3. The monoisotopic (exact) mass is 653 g/mol. The molecule has 5 aromatic carbocycles. The Bertz CT molecular complexity index is 1800. The molecule has 242 valence electrons. The first-order valence-electron chi connectivity index (χ1n) is 16.0. The fraction of sp³-hybridized carbons (Fsp3) is 0.146. The Kier molecular flexibility index (Phi) is 11.6. The van der Waals surface area contributed by atoms with Gasteiger partial charge in [0.15, 0.2) is 0 Å². The predicted molar refractivity (Wildman–Crippen MR) is 197 cm³/mol. The molecule has 0 saturated heterocycles. The van der Waals surface area contributed by atoms with E-state index >= 15 is 0 Å². The number of thioether (sulfide) groups is 1. The van der Waals surface area contributed by atoms with Gasteiger partial charge in [0, 0.05) is 27.5 Å². The number of para-hydroxylation sites is 2. The maximum Gasteiger partial charge on any atom is 0.272 e. The Morgan fingerprint density at radius 1 is 0.708 bits per heavy atom. The largest absolute Gasteiger partial charge is 0.321 e. The van der Waals surface area contributed by atoms with Crippen LogP contribution < -0.4 is 15.5 Å². The lowest BCUT2D eigenvalue weighted by Gasteiger charge is -2.27. The molecule has 0 aliphatic rings. The summed E-state index contributed by atoms with van der Waals surface area (Å²) in [4.78, 5) is 43.2. The molecule has 0 fully saturated rings. The van der Waals surface area contributed by atoms with E-state index in [0.29, 0.717) is 23.6 Å². The van der Waals surface area contributed by atoms with E-state index in [4.69, 9.17) is 0 Å². The highest BCUT2D eigenvalue weighted by atomic mass is 32.2. The van der Waals surface area contributed by atoms with Gasteiger partial charge in [-0.05, 0) is 90.2 Å². The molecule has 48 heavy (non-hydrogen) atoms. The van der Waals surface area contributed by atoms with Crippen molar-refractivity contribution in [3.8, 4) is 0 Å². The number of nitrogens with zero attached hydrogens (tertiary/aromatic N) is 1. The second-order valence-electron chi connectivity index (χ2n) is 11.5. The number of nitrogens with one attached hydrogen (secondary N) is 2. The van der Waals surface area contributed by atoms with Gasteiger partial charge in [0.25, 0.3) is 11.8 Å². The highest BCUT2D eigenvalue weighted by molar-refractivity contribution is 8.00. The maximum absolute atomic E-state index is 14.0. The van der Waals surface area contributed by atoms with Crippen molar-refractivity contribution in [1.29, 1.82) is 0 Å². The first kappa shape index (κ1) is 33.9. The summed E-state index contributed by atoms with van der Waals surface area (Å²) in [6.07, 6.45) is 2.30. The van der Waals surface area contributed by atoms with E-state index in [1.807, 2.05) is 110 Å². The van der Waals surface area contributed by atoms with E-state index in [9.17, 15) is 14.4 Å². The van der Waals surface area contributed by atoms with Crippen LogP contribution in [0, 0.1) is 0 Å². The van der Waals surface area contributed by atoms with Gasteiger partial charge in [-0.15, -0.1) is 11.8 Å². The quantitative estimate of drug-likeness (QED) is 0.104. The van der Waals surface area contributed by atoms with Gasteiger partial charge >= 0.3 is 0 Å². The van der Waals surface area contributed by atoms with Crippen molar-refractivity contribution >= 4 is 52.6 Å². The molecule has 3 amide bonds. The van der Waals surface area contributed by atoms with Crippen molar-refractivity contribution in [2.24, 2.45) is 0 Å². The SMILES string of the molecule is CCC(Sc1ccc(NC(=O)/C(=C/c2ccc(C(C)C)cc2)NC(=O)c2ccccc2)cc1)C(=O)N(c1ccccc1)c1ccccc1. The summed E-state index contributed by atoms with van der Waals surface area (Å²) >= 11 is 1.49. The van der Waals surface area contributed by atoms with Gasteiger partial charge in [-0.2, -0.15) is 0 Å². The molecule has 0 aliphatic carbocycles. The highest BCUT2D eigenvalue weighted by Gasteiger charge is 2.26. The lowest BCUT2D eigenvalue weighted by atomic mass is 10.0. The van der Waals surface area contributed by atoms with Crippen LogP contribution in [0.15, 0.2) is 150 Å². The normalized spacial score (nSPS) is 11.9. The molecule has 7 heteroatoms. The molecule has 6 nitrogen and oxygen atoms in total. The van der Waals surface area contributed by atoms with E-state index in [1.54, 1.807) is 47.4 Å². The molecule has 0 bridgehead atoms. The van der Waals surface area contributed by atoms with Crippen LogP contribution in [0.3, 0.4) is 0 Å². The standard InChI is InChI=1S/C41H39N3O3S/c1-4-38(41(47)44(34-16-10-6-11-17-34)35-18-12-7-13-19-35)48-36-26-24-33(25-27-36)42-40(46)37(43-39(45)32-14-8-5-9-15-32)28-30-20-22-31(23-21-30)29(2)3/h5-29,38H,4H2,1-3H3,(H,42,46)(H,43,45)/b37-28-. The van der Waals surface area contributed by atoms with Crippen molar-refractivity contribution < 1.29 is 14.4 Å². The Hall–Kier alpha value is -5.40. The van der Waals surface area contributed by atoms with Crippen LogP contribution in [0.5, 0.6) is 0 Å². The third-order valence-electron chi connectivity index (χ3n) is 7.73. The number of carbonyl (C=O) groups is 3. The molecular weight excluding hydrogens is 615 g/mol. The number of rotatable bonds is 12. The summed E-state index contributed by atoms with van der Waals surface area (Å²) in [6.45, 7) is 6.25. The van der Waals surface area contributed by atoms with Crippen molar-refractivity contribution in [1.82, 2.24) is 5.32 Å². The van der Waals surface area contributed by atoms with Gasteiger partial charge in [0.1, 0.15) is 5.70 Å². The van der Waals surface area contributed by atoms with Gasteiger partial charge in [-0.3, -0.25) is 19.3 Å². The van der Waals surface area contributed by atoms with Crippen LogP contribution >= 0.6 is 11.8 Å². The molecule has 1 atom stereocenters. The minimum absolute atomic E-state index is 0.0114. The number of hydrogen-bond donors (Lipinski definition) is 2. The smallest absolute Gasteiger partial charge is 0.272 e. The molecule has 5 aromatic rings. The van der Waals surface area contributed by atoms with E-state index in [1.165, 1.54) is 17.3 Å². The van der Waals surface area contributed by atoms with E-state index in [2.05, 4.69) is 24.5 Å². The lowest BCUT2D eigenvalue weighted by molar-refractivity contribution is -0.117. The minimum Gasteiger partial charge on any atom is -0.321 e. The summed E-state index contributed by atoms with van der Waals surface area (Å²) in [7, 11) is 0. The first-order valence-corrected chi connectivity index (χ1v) is 16.9. The molecule has 0 aliphatic heterocycles. The number of benzene rings is 5. The Balaban J connectivity index is 1.32. The van der Waals surface area contributed by atoms with Gasteiger partial charge in [-0.1, -0.05) is 99.6 Å². The van der Waals surface area contributed by atoms with Crippen molar-refractivity contribution in [3.05, 3.63) is 162 Å². The summed E-state index contributed by atoms with van der Waals surface area (Å²) in [5, 5.41) is 5.38. The lowest BCUT2D eigenvalue weighted by Crippen LogP contribution is -2.34. The Morgan fingerprint density at radius 2 is 1.25 bits per heavy atom. The van der Waals surface area contributed by atoms with Crippen LogP contribution in [0.4, 0.5) is 17.1 Å². The predicted octanol–water partition coefficient (Wildman–Crippen LogP) is 9.46. The van der Waals surface area contributed by atoms with Crippen molar-refractivity contribution in [2.45, 2.75) is 43.3 Å². The van der Waals surface area contributed by atoms with Crippen molar-refractivity contribution in [3.63, 3.8) is 0 Å². The Morgan fingerprint density at radius 3 is 1.77 bits per heavy atom. The second kappa shape index (κ2) is 16.4. The topological polar surface area (TPSA) is 78.5 Å². The van der Waals surface area contributed by atoms with Gasteiger partial charge in [0.2, 0.25) is 5.91 Å². The molecular formula is C41H39N3O3S. The van der Waals surface area contributed by atoms with Gasteiger partial charge in [0.05, 0.1) is 5.25 Å². The molecule has 1 unspecified atom stereocenters. The van der Waals surface area contributed by atoms with E-state index in [0.717, 1.165) is 21.8 Å². The molecule has 0 saturated carbocycles. The molecule has 0 spiro atoms. The zero-order valence-corrected chi connectivity index (χ0v) is 28.1. The number of anilines is 3. The summed E-state index contributed by atoms with van der Waals surface area (Å²) in [6, 6.07) is 43.4. The average molecular weight is 654 g/mol. The second-order valence-corrected chi connectivity index (χ2v) is 12.8. The maximum atomic E-state index is 14.0. The molecule has 5 rings (SSSR count). The molecule has 0 heterocycles. The van der Waals surface area contributed by atoms with Crippen LogP contribution in [0.25, 0.3) is 6.08 Å². The zero-order chi connectivity index (χ0) is 33.9. The van der Waals surface area contributed by atoms with Gasteiger partial charge < -0.3 is 10.6 Å². The van der Waals surface area contributed by atoms with Crippen LogP contribution in [-0.4, -0.2) is 23.0 Å². The third-order valence-corrected chi connectivity index (χ3v) is 9.09. The third kappa shape index (κ3) is 8.90. The van der Waals surface area contributed by atoms with Crippen LogP contribution in [0.2, 0.25) is 0 Å². The van der Waals surface area contributed by atoms with E-state index < -0.39 is 5.91 Å². The minimum atomic E-state index is -0.449. The fourth-order valence-corrected chi connectivity index (χ4v) is 6.07. The zero-order valence-electron chi connectivity index (χ0n) is 27.3. The number of carbonyl (C=O) groups excluding carboxylic acids is 3. The first-order chi connectivity index (χ1) is 23.3. The Labute approximate surface area is 286 Å². The molecule has 0 aromatic heterocycles. The van der Waals surface area contributed by atoms with Crippen molar-refractivity contribution in [2.75, 3.05) is 10.2 Å². The van der Waals surface area contributed by atoms with Crippen LogP contribution in [0.1, 0.15) is 54.6 Å². The fourth-order valence-electron chi connectivity index (χ4n) is 5.08. The van der Waals surface area contributed by atoms with Gasteiger partial charge in [-0.25, -0.2) is 0 Å². The summed E-state index contributed by atoms with van der Waals surface area (Å²) < 4.78 is 0. The average Bonchev–Trinajstić information content (AvgIpc) is 3.12. The summed E-state index contributed by atoms with van der Waals surface area (Å²) in [5.74, 6) is -0.460. The molecule has 2 N–H and O–H groups in total. The summed E-state index contributed by atoms with van der Waals surface area (Å²) in [5.41, 5.74) is 4.73.